The molecule has 3 rings (SSSR count). The average molecular weight is 404 g/mol. The van der Waals surface area contributed by atoms with E-state index in [-0.39, 0.29) is 0 Å². The van der Waals surface area contributed by atoms with E-state index in [2.05, 4.69) is 4.98 Å². The molecule has 6 heteroatoms. The lowest BCUT2D eigenvalue weighted by molar-refractivity contribution is 1.32. The van der Waals surface area contributed by atoms with Crippen LogP contribution in [0, 0.1) is 0 Å². The van der Waals surface area contributed by atoms with Crippen molar-refractivity contribution >= 4 is 58.0 Å². The van der Waals surface area contributed by atoms with Gasteiger partial charge < -0.3 is 0 Å². The molecule has 0 saturated carbocycles. The molecule has 1 nitrogen and oxygen atoms in total. The maximum absolute atomic E-state index is 6.33. The summed E-state index contributed by atoms with van der Waals surface area (Å²) < 4.78 is 0. The zero-order chi connectivity index (χ0) is 16.6. The highest BCUT2D eigenvalue weighted by atomic mass is 35.5. The Kier molecular flexibility index (Phi) is 5.05. The van der Waals surface area contributed by atoms with Gasteiger partial charge in [-0.15, -0.1) is 0 Å². The maximum atomic E-state index is 6.33. The topological polar surface area (TPSA) is 12.9 Å². The van der Waals surface area contributed by atoms with Crippen molar-refractivity contribution in [1.29, 1.82) is 0 Å². The third-order valence-corrected chi connectivity index (χ3v) is 4.76. The molecule has 0 aliphatic heterocycles. The molecular weight excluding hydrogens is 395 g/mol. The van der Waals surface area contributed by atoms with Crippen molar-refractivity contribution in [2.45, 2.75) is 0 Å². The summed E-state index contributed by atoms with van der Waals surface area (Å²) >= 11 is 31.4. The molecule has 0 aliphatic carbocycles. The fraction of sp³-hybridized carbons (Fsp3) is 0. The maximum Gasteiger partial charge on any atom is 0.129 e. The fourth-order valence-electron chi connectivity index (χ4n) is 2.31. The van der Waals surface area contributed by atoms with Crippen LogP contribution in [0.25, 0.3) is 22.4 Å². The number of benzene rings is 2. The van der Waals surface area contributed by atoms with Crippen molar-refractivity contribution in [2.75, 3.05) is 0 Å². The van der Waals surface area contributed by atoms with Crippen molar-refractivity contribution in [3.8, 4) is 22.4 Å². The number of rotatable bonds is 2. The van der Waals surface area contributed by atoms with Crippen LogP contribution in [-0.2, 0) is 0 Å². The predicted molar refractivity (Wildman–Crippen MR) is 100 cm³/mol. The second-order valence-corrected chi connectivity index (χ2v) is 6.74. The van der Waals surface area contributed by atoms with Gasteiger partial charge in [0.1, 0.15) is 5.15 Å². The Labute approximate surface area is 158 Å². The summed E-state index contributed by atoms with van der Waals surface area (Å²) in [5.74, 6) is 0. The fourth-order valence-corrected chi connectivity index (χ4v) is 3.63. The molecule has 0 aliphatic rings. The number of hydrogen-bond acceptors (Lipinski definition) is 1. The normalized spacial score (nSPS) is 10.8. The number of pyridine rings is 1. The highest BCUT2D eigenvalue weighted by Gasteiger charge is 2.19. The van der Waals surface area contributed by atoms with Crippen molar-refractivity contribution < 1.29 is 0 Å². The van der Waals surface area contributed by atoms with Gasteiger partial charge in [-0.05, 0) is 36.4 Å². The van der Waals surface area contributed by atoms with Crippen LogP contribution in [0.3, 0.4) is 0 Å². The molecule has 0 bridgehead atoms. The Morgan fingerprint density at radius 2 is 1.04 bits per heavy atom. The zero-order valence-electron chi connectivity index (χ0n) is 11.5. The van der Waals surface area contributed by atoms with Crippen molar-refractivity contribution in [3.05, 3.63) is 73.8 Å². The van der Waals surface area contributed by atoms with Gasteiger partial charge >= 0.3 is 0 Å². The molecule has 2 aromatic carbocycles. The molecule has 0 radical (unpaired) electrons. The molecule has 0 unspecified atom stereocenters. The summed E-state index contributed by atoms with van der Waals surface area (Å²) in [6.45, 7) is 0. The predicted octanol–water partition coefficient (Wildman–Crippen LogP) is 7.68. The second-order valence-electron chi connectivity index (χ2n) is 4.72. The summed E-state index contributed by atoms with van der Waals surface area (Å²) in [7, 11) is 0. The monoisotopic (exact) mass is 401 g/mol. The molecule has 0 N–H and O–H groups in total. The van der Waals surface area contributed by atoms with E-state index in [0.29, 0.717) is 47.6 Å². The summed E-state index contributed by atoms with van der Waals surface area (Å²) in [5, 5.41) is 2.27. The Morgan fingerprint density at radius 1 is 0.565 bits per heavy atom. The van der Waals surface area contributed by atoms with E-state index in [0.717, 1.165) is 0 Å². The smallest absolute Gasteiger partial charge is 0.129 e. The number of hydrogen-bond donors (Lipinski definition) is 0. The lowest BCUT2D eigenvalue weighted by Crippen LogP contribution is -1.93. The Hall–Kier alpha value is -0.960. The first kappa shape index (κ1) is 16.9. The third kappa shape index (κ3) is 3.31. The van der Waals surface area contributed by atoms with Gasteiger partial charge in [-0.2, -0.15) is 0 Å². The van der Waals surface area contributed by atoms with Gasteiger partial charge in [0.2, 0.25) is 0 Å². The highest BCUT2D eigenvalue weighted by molar-refractivity contribution is 6.41. The minimum Gasteiger partial charge on any atom is -0.235 e. The van der Waals surface area contributed by atoms with E-state index in [9.17, 15) is 0 Å². The molecule has 0 atom stereocenters. The lowest BCUT2D eigenvalue weighted by Gasteiger charge is -2.14. The summed E-state index contributed by atoms with van der Waals surface area (Å²) in [4.78, 5) is 4.40. The highest BCUT2D eigenvalue weighted by Crippen LogP contribution is 2.43. The van der Waals surface area contributed by atoms with Crippen LogP contribution >= 0.6 is 58.0 Å². The van der Waals surface area contributed by atoms with Crippen LogP contribution in [0.2, 0.25) is 25.2 Å². The molecule has 1 heterocycles. The molecule has 0 fully saturated rings. The van der Waals surface area contributed by atoms with Crippen LogP contribution in [-0.4, -0.2) is 4.98 Å². The van der Waals surface area contributed by atoms with E-state index in [4.69, 9.17) is 58.0 Å². The largest absolute Gasteiger partial charge is 0.235 e. The van der Waals surface area contributed by atoms with Gasteiger partial charge in [-0.3, -0.25) is 0 Å². The zero-order valence-corrected chi connectivity index (χ0v) is 15.2. The van der Waals surface area contributed by atoms with Crippen LogP contribution in [0.4, 0.5) is 0 Å². The molecule has 0 amide bonds. The van der Waals surface area contributed by atoms with Crippen LogP contribution in [0.5, 0.6) is 0 Å². The molecule has 0 saturated heterocycles. The molecular formula is C17H8Cl5N. The molecule has 0 spiro atoms. The second kappa shape index (κ2) is 6.88. The van der Waals surface area contributed by atoms with Crippen LogP contribution in [0.15, 0.2) is 48.5 Å². The standard InChI is InChI=1S/C17H8Cl5N/c18-10-3-1-4-11(19)15(10)9-7-8-14(22)23-17(9)16-12(20)5-2-6-13(16)21/h1-8H. The molecule has 3 aromatic rings. The van der Waals surface area contributed by atoms with Gasteiger partial charge in [0, 0.05) is 26.7 Å². The quantitative estimate of drug-likeness (QED) is 0.400. The third-order valence-electron chi connectivity index (χ3n) is 3.29. The van der Waals surface area contributed by atoms with E-state index in [1.165, 1.54) is 0 Å². The van der Waals surface area contributed by atoms with Gasteiger partial charge in [-0.25, -0.2) is 4.98 Å². The summed E-state index contributed by atoms with van der Waals surface area (Å²) in [5.41, 5.74) is 2.48. The molecule has 1 aromatic heterocycles. The van der Waals surface area contributed by atoms with Gasteiger partial charge in [0.05, 0.1) is 15.7 Å². The first-order valence-electron chi connectivity index (χ1n) is 6.54. The van der Waals surface area contributed by atoms with Crippen LogP contribution < -0.4 is 0 Å². The summed E-state index contributed by atoms with van der Waals surface area (Å²) in [6, 6.07) is 14.0. The number of aromatic nitrogens is 1. The molecule has 23 heavy (non-hydrogen) atoms. The van der Waals surface area contributed by atoms with Crippen LogP contribution in [0.1, 0.15) is 0 Å². The number of halogens is 5. The lowest BCUT2D eigenvalue weighted by atomic mass is 9.99. The van der Waals surface area contributed by atoms with E-state index < -0.39 is 0 Å². The first-order chi connectivity index (χ1) is 11.0. The minimum atomic E-state index is 0.322. The Bertz CT molecular complexity index is 852. The minimum absolute atomic E-state index is 0.322. The molecule has 116 valence electrons. The van der Waals surface area contributed by atoms with Gasteiger partial charge in [0.15, 0.2) is 0 Å². The van der Waals surface area contributed by atoms with E-state index in [1.807, 2.05) is 0 Å². The Balaban J connectivity index is 2.37. The summed E-state index contributed by atoms with van der Waals surface area (Å²) in [6.07, 6.45) is 0. The SMILES string of the molecule is Clc1ccc(-c2c(Cl)cccc2Cl)c(-c2c(Cl)cccc2Cl)n1. The van der Waals surface area contributed by atoms with Crippen molar-refractivity contribution in [1.82, 2.24) is 4.98 Å². The first-order valence-corrected chi connectivity index (χ1v) is 8.43. The van der Waals surface area contributed by atoms with Crippen molar-refractivity contribution in [2.24, 2.45) is 0 Å². The Morgan fingerprint density at radius 3 is 1.57 bits per heavy atom. The van der Waals surface area contributed by atoms with Gasteiger partial charge in [0.25, 0.3) is 0 Å². The van der Waals surface area contributed by atoms with E-state index in [1.54, 1.807) is 48.5 Å². The van der Waals surface area contributed by atoms with Gasteiger partial charge in [-0.1, -0.05) is 70.1 Å². The van der Waals surface area contributed by atoms with E-state index >= 15 is 0 Å². The number of nitrogens with zero attached hydrogens (tertiary/aromatic N) is 1. The van der Waals surface area contributed by atoms with Crippen molar-refractivity contribution in [3.63, 3.8) is 0 Å². The average Bonchev–Trinajstić information content (AvgIpc) is 2.49.